The maximum Gasteiger partial charge on any atom is 0.126 e. The first-order chi connectivity index (χ1) is 9.42. The Hall–Kier alpha value is -1.94. The van der Waals surface area contributed by atoms with Crippen molar-refractivity contribution in [2.24, 2.45) is 5.73 Å². The lowest BCUT2D eigenvalue weighted by molar-refractivity contribution is 0.411. The Morgan fingerprint density at radius 3 is 2.10 bits per heavy atom. The molecule has 0 amide bonds. The van der Waals surface area contributed by atoms with E-state index in [4.69, 9.17) is 10.5 Å². The monoisotopic (exact) mass is 277 g/mol. The fourth-order valence-corrected chi connectivity index (χ4v) is 2.30. The van der Waals surface area contributed by atoms with E-state index in [1.165, 1.54) is 12.1 Å². The molecular formula is C16H17F2NO. The van der Waals surface area contributed by atoms with Gasteiger partial charge in [-0.3, -0.25) is 0 Å². The Morgan fingerprint density at radius 1 is 0.950 bits per heavy atom. The number of nitrogens with two attached hydrogens (primary N) is 1. The molecule has 2 aromatic carbocycles. The molecule has 106 valence electrons. The first-order valence-corrected chi connectivity index (χ1v) is 6.29. The van der Waals surface area contributed by atoms with Crippen molar-refractivity contribution in [1.82, 2.24) is 0 Å². The van der Waals surface area contributed by atoms with Gasteiger partial charge in [0.1, 0.15) is 17.4 Å². The lowest BCUT2D eigenvalue weighted by Crippen LogP contribution is -2.14. The molecule has 0 aliphatic carbocycles. The van der Waals surface area contributed by atoms with E-state index in [1.54, 1.807) is 7.11 Å². The third-order valence-corrected chi connectivity index (χ3v) is 3.36. The number of halogens is 2. The highest BCUT2D eigenvalue weighted by molar-refractivity contribution is 5.45. The van der Waals surface area contributed by atoms with Crippen LogP contribution in [0.1, 0.15) is 28.3 Å². The molecule has 2 aromatic rings. The lowest BCUT2D eigenvalue weighted by atomic mass is 9.93. The number of ether oxygens (including phenoxy) is 1. The average Bonchev–Trinajstić information content (AvgIpc) is 2.39. The van der Waals surface area contributed by atoms with E-state index < -0.39 is 17.7 Å². The van der Waals surface area contributed by atoms with E-state index in [1.807, 2.05) is 26.0 Å². The van der Waals surface area contributed by atoms with Crippen molar-refractivity contribution >= 4 is 0 Å². The summed E-state index contributed by atoms with van der Waals surface area (Å²) in [6.45, 7) is 3.80. The highest BCUT2D eigenvalue weighted by Gasteiger charge is 2.15. The van der Waals surface area contributed by atoms with E-state index in [-0.39, 0.29) is 0 Å². The first kappa shape index (κ1) is 14.5. The number of aryl methyl sites for hydroxylation is 2. The summed E-state index contributed by atoms with van der Waals surface area (Å²) in [6, 6.07) is 6.54. The van der Waals surface area contributed by atoms with E-state index in [0.29, 0.717) is 5.56 Å². The molecule has 0 radical (unpaired) electrons. The molecule has 0 heterocycles. The van der Waals surface area contributed by atoms with E-state index in [9.17, 15) is 8.78 Å². The Kier molecular flexibility index (Phi) is 4.04. The van der Waals surface area contributed by atoms with Crippen LogP contribution >= 0.6 is 0 Å². The van der Waals surface area contributed by atoms with Crippen LogP contribution in [-0.4, -0.2) is 7.11 Å². The minimum Gasteiger partial charge on any atom is -0.496 e. The van der Waals surface area contributed by atoms with Crippen LogP contribution in [0.25, 0.3) is 0 Å². The number of benzene rings is 2. The van der Waals surface area contributed by atoms with Crippen molar-refractivity contribution in [3.63, 3.8) is 0 Å². The quantitative estimate of drug-likeness (QED) is 0.929. The predicted molar refractivity (Wildman–Crippen MR) is 74.9 cm³/mol. The van der Waals surface area contributed by atoms with E-state index in [2.05, 4.69) is 0 Å². The minimum absolute atomic E-state index is 0.412. The second-order valence-electron chi connectivity index (χ2n) is 4.86. The smallest absolute Gasteiger partial charge is 0.126 e. The summed E-state index contributed by atoms with van der Waals surface area (Å²) >= 11 is 0. The normalized spacial score (nSPS) is 12.3. The summed E-state index contributed by atoms with van der Waals surface area (Å²) < 4.78 is 31.8. The number of rotatable bonds is 3. The minimum atomic E-state index is -0.627. The van der Waals surface area contributed by atoms with Crippen LogP contribution < -0.4 is 10.5 Å². The zero-order valence-electron chi connectivity index (χ0n) is 11.7. The molecular weight excluding hydrogens is 260 g/mol. The highest BCUT2D eigenvalue weighted by Crippen LogP contribution is 2.29. The summed E-state index contributed by atoms with van der Waals surface area (Å²) in [5.41, 5.74) is 9.23. The van der Waals surface area contributed by atoms with Crippen LogP contribution in [0.3, 0.4) is 0 Å². The summed E-state index contributed by atoms with van der Waals surface area (Å²) in [6.07, 6.45) is 0. The van der Waals surface area contributed by atoms with Gasteiger partial charge in [0.15, 0.2) is 0 Å². The van der Waals surface area contributed by atoms with Gasteiger partial charge < -0.3 is 10.5 Å². The zero-order chi connectivity index (χ0) is 14.9. The molecule has 0 bridgehead atoms. The van der Waals surface area contributed by atoms with Crippen LogP contribution in [0.5, 0.6) is 5.75 Å². The Balaban J connectivity index is 2.47. The van der Waals surface area contributed by atoms with Crippen molar-refractivity contribution in [1.29, 1.82) is 0 Å². The summed E-state index contributed by atoms with van der Waals surface area (Å²) in [5.74, 6) is -0.486. The van der Waals surface area contributed by atoms with Gasteiger partial charge in [0.05, 0.1) is 13.2 Å². The largest absolute Gasteiger partial charge is 0.496 e. The Morgan fingerprint density at radius 2 is 1.55 bits per heavy atom. The lowest BCUT2D eigenvalue weighted by Gasteiger charge is -2.18. The number of hydrogen-bond donors (Lipinski definition) is 1. The van der Waals surface area contributed by atoms with Crippen LogP contribution in [0, 0.1) is 25.5 Å². The van der Waals surface area contributed by atoms with Gasteiger partial charge in [-0.25, -0.2) is 8.78 Å². The molecule has 0 aromatic heterocycles. The van der Waals surface area contributed by atoms with Crippen LogP contribution in [-0.2, 0) is 0 Å². The summed E-state index contributed by atoms with van der Waals surface area (Å²) in [4.78, 5) is 0. The molecule has 20 heavy (non-hydrogen) atoms. The molecule has 0 saturated carbocycles. The summed E-state index contributed by atoms with van der Waals surface area (Å²) in [7, 11) is 1.60. The highest BCUT2D eigenvalue weighted by atomic mass is 19.1. The van der Waals surface area contributed by atoms with Crippen LogP contribution in [0.2, 0.25) is 0 Å². The predicted octanol–water partition coefficient (Wildman–Crippen LogP) is 3.64. The molecule has 1 atom stereocenters. The van der Waals surface area contributed by atoms with Gasteiger partial charge in [0, 0.05) is 6.07 Å². The summed E-state index contributed by atoms with van der Waals surface area (Å²) in [5, 5.41) is 0. The topological polar surface area (TPSA) is 35.2 Å². The molecule has 0 fully saturated rings. The van der Waals surface area contributed by atoms with Gasteiger partial charge in [0.25, 0.3) is 0 Å². The maximum absolute atomic E-state index is 13.3. The molecule has 1 unspecified atom stereocenters. The molecule has 0 saturated heterocycles. The van der Waals surface area contributed by atoms with Gasteiger partial charge in [0.2, 0.25) is 0 Å². The second-order valence-corrected chi connectivity index (χ2v) is 4.86. The van der Waals surface area contributed by atoms with Crippen molar-refractivity contribution < 1.29 is 13.5 Å². The molecule has 2 rings (SSSR count). The fraction of sp³-hybridized carbons (Fsp3) is 0.250. The van der Waals surface area contributed by atoms with E-state index >= 15 is 0 Å². The molecule has 0 spiro atoms. The first-order valence-electron chi connectivity index (χ1n) is 6.29. The van der Waals surface area contributed by atoms with Gasteiger partial charge in [-0.15, -0.1) is 0 Å². The molecule has 0 aliphatic heterocycles. The Labute approximate surface area is 117 Å². The third kappa shape index (κ3) is 2.80. The number of methoxy groups -OCH3 is 1. The van der Waals surface area contributed by atoms with Crippen molar-refractivity contribution in [2.45, 2.75) is 19.9 Å². The van der Waals surface area contributed by atoms with Gasteiger partial charge >= 0.3 is 0 Å². The van der Waals surface area contributed by atoms with E-state index in [0.717, 1.165) is 28.5 Å². The van der Waals surface area contributed by atoms with Crippen molar-refractivity contribution in [3.05, 3.63) is 64.2 Å². The standard InChI is InChI=1S/C16H17F2NO/c1-9-5-15(20-3)10(2)4-14(9)16(19)11-6-12(17)8-13(18)7-11/h4-8,16H,19H2,1-3H3. The average molecular weight is 277 g/mol. The van der Waals surface area contributed by atoms with Gasteiger partial charge in [-0.2, -0.15) is 0 Å². The zero-order valence-corrected chi connectivity index (χ0v) is 11.7. The Bertz CT molecular complexity index is 620. The number of hydrogen-bond acceptors (Lipinski definition) is 2. The van der Waals surface area contributed by atoms with Gasteiger partial charge in [-0.1, -0.05) is 6.07 Å². The third-order valence-electron chi connectivity index (χ3n) is 3.36. The van der Waals surface area contributed by atoms with Crippen molar-refractivity contribution in [3.8, 4) is 5.75 Å². The fourth-order valence-electron chi connectivity index (χ4n) is 2.30. The SMILES string of the molecule is COc1cc(C)c(C(N)c2cc(F)cc(F)c2)cc1C. The maximum atomic E-state index is 13.3. The van der Waals surface area contributed by atoms with Gasteiger partial charge in [-0.05, 0) is 54.3 Å². The molecule has 2 N–H and O–H groups in total. The molecule has 0 aliphatic rings. The van der Waals surface area contributed by atoms with Crippen molar-refractivity contribution in [2.75, 3.05) is 7.11 Å². The van der Waals surface area contributed by atoms with Crippen LogP contribution in [0.4, 0.5) is 8.78 Å². The molecule has 2 nitrogen and oxygen atoms in total. The second kappa shape index (κ2) is 5.59. The van der Waals surface area contributed by atoms with Crippen LogP contribution in [0.15, 0.2) is 30.3 Å². The molecule has 4 heteroatoms.